The van der Waals surface area contributed by atoms with Crippen LogP contribution >= 0.6 is 23.1 Å². The average Bonchev–Trinajstić information content (AvgIpc) is 3.21. The number of pyridine rings is 1. The zero-order valence-electron chi connectivity index (χ0n) is 16.4. The summed E-state index contributed by atoms with van der Waals surface area (Å²) in [7, 11) is 0. The normalized spacial score (nSPS) is 12.6. The third-order valence-corrected chi connectivity index (χ3v) is 6.52. The highest BCUT2D eigenvalue weighted by atomic mass is 32.2. The number of carbonyl (C=O) groups is 1. The second-order valence-electron chi connectivity index (χ2n) is 7.02. The molecule has 3 aromatic heterocycles. The van der Waals surface area contributed by atoms with Crippen LogP contribution in [0.25, 0.3) is 16.6 Å². The number of carbonyl (C=O) groups excluding carboxylic acids is 1. The second-order valence-corrected chi connectivity index (χ2v) is 9.19. The first-order chi connectivity index (χ1) is 13.3. The minimum absolute atomic E-state index is 0.0971. The van der Waals surface area contributed by atoms with E-state index < -0.39 is 0 Å². The Morgan fingerprint density at radius 1 is 1.14 bits per heavy atom. The van der Waals surface area contributed by atoms with Crippen LogP contribution in [-0.2, 0) is 4.79 Å². The Morgan fingerprint density at radius 2 is 1.93 bits per heavy atom. The number of amides is 1. The van der Waals surface area contributed by atoms with E-state index >= 15 is 0 Å². The van der Waals surface area contributed by atoms with Gasteiger partial charge in [0.15, 0.2) is 15.9 Å². The van der Waals surface area contributed by atoms with E-state index in [1.165, 1.54) is 45.2 Å². The first-order valence-electron chi connectivity index (χ1n) is 8.99. The Bertz CT molecular complexity index is 1210. The Balaban J connectivity index is 1.71. The minimum atomic E-state index is -0.335. The molecule has 144 valence electrons. The molecule has 6 nitrogen and oxygen atoms in total. The second kappa shape index (κ2) is 7.18. The monoisotopic (exact) mass is 411 g/mol. The van der Waals surface area contributed by atoms with Gasteiger partial charge in [-0.1, -0.05) is 23.4 Å². The van der Waals surface area contributed by atoms with Crippen LogP contribution < -0.4 is 5.32 Å². The number of nitrogens with one attached hydrogen (secondary N) is 1. The Labute approximate surface area is 171 Å². The van der Waals surface area contributed by atoms with Crippen LogP contribution in [0.2, 0.25) is 0 Å². The Kier molecular flexibility index (Phi) is 4.84. The maximum Gasteiger partial charge on any atom is 0.239 e. The van der Waals surface area contributed by atoms with Crippen LogP contribution in [0.4, 0.5) is 5.13 Å². The summed E-state index contributed by atoms with van der Waals surface area (Å²) in [6, 6.07) is 6.39. The minimum Gasteiger partial charge on any atom is -0.301 e. The molecule has 0 bridgehead atoms. The fourth-order valence-electron chi connectivity index (χ4n) is 3.32. The van der Waals surface area contributed by atoms with E-state index in [4.69, 9.17) is 0 Å². The van der Waals surface area contributed by atoms with Crippen LogP contribution in [-0.4, -0.2) is 30.7 Å². The molecule has 4 rings (SSSR count). The molecule has 0 saturated heterocycles. The molecule has 0 aliphatic rings. The van der Waals surface area contributed by atoms with Crippen molar-refractivity contribution in [3.63, 3.8) is 0 Å². The Hall–Kier alpha value is -2.45. The van der Waals surface area contributed by atoms with E-state index in [-0.39, 0.29) is 11.2 Å². The van der Waals surface area contributed by atoms with Gasteiger partial charge in [0, 0.05) is 10.8 Å². The lowest BCUT2D eigenvalue weighted by molar-refractivity contribution is -0.115. The van der Waals surface area contributed by atoms with Crippen molar-refractivity contribution in [2.75, 3.05) is 5.32 Å². The number of nitrogens with zero attached hydrogens (tertiary/aromatic N) is 4. The summed E-state index contributed by atoms with van der Waals surface area (Å²) < 4.78 is 2.05. The number of aryl methyl sites for hydroxylation is 4. The molecule has 28 heavy (non-hydrogen) atoms. The van der Waals surface area contributed by atoms with E-state index in [0.717, 1.165) is 16.9 Å². The van der Waals surface area contributed by atoms with E-state index in [1.807, 2.05) is 25.3 Å². The topological polar surface area (TPSA) is 72.2 Å². The zero-order chi connectivity index (χ0) is 20.0. The summed E-state index contributed by atoms with van der Waals surface area (Å²) in [5, 5.41) is 15.7. The van der Waals surface area contributed by atoms with Gasteiger partial charge in [-0.3, -0.25) is 9.20 Å². The van der Waals surface area contributed by atoms with E-state index in [9.17, 15) is 4.79 Å². The molecule has 4 aromatic rings. The van der Waals surface area contributed by atoms with Crippen LogP contribution in [0.5, 0.6) is 0 Å². The fraction of sp³-hybridized carbons (Fsp3) is 0.300. The molecule has 0 fully saturated rings. The average molecular weight is 412 g/mol. The van der Waals surface area contributed by atoms with Crippen molar-refractivity contribution in [2.45, 2.75) is 45.0 Å². The highest BCUT2D eigenvalue weighted by Gasteiger charge is 2.21. The van der Waals surface area contributed by atoms with Gasteiger partial charge in [-0.15, -0.1) is 21.5 Å². The first kappa shape index (κ1) is 18.9. The summed E-state index contributed by atoms with van der Waals surface area (Å²) in [6.07, 6.45) is 0. The van der Waals surface area contributed by atoms with Crippen molar-refractivity contribution in [1.82, 2.24) is 19.6 Å². The number of thioether (sulfide) groups is 1. The molecule has 0 saturated carbocycles. The van der Waals surface area contributed by atoms with E-state index in [0.29, 0.717) is 10.3 Å². The summed E-state index contributed by atoms with van der Waals surface area (Å²) in [5.41, 5.74) is 6.35. The Morgan fingerprint density at radius 3 is 2.64 bits per heavy atom. The molecular weight excluding hydrogens is 390 g/mol. The molecule has 1 amide bonds. The van der Waals surface area contributed by atoms with Gasteiger partial charge in [-0.2, -0.15) is 0 Å². The summed E-state index contributed by atoms with van der Waals surface area (Å²) >= 11 is 2.83. The van der Waals surface area contributed by atoms with Gasteiger partial charge in [0.25, 0.3) is 0 Å². The van der Waals surface area contributed by atoms with Crippen molar-refractivity contribution >= 4 is 50.7 Å². The lowest BCUT2D eigenvalue weighted by Gasteiger charge is -2.13. The lowest BCUT2D eigenvalue weighted by atomic mass is 10.0. The molecule has 0 aliphatic heterocycles. The fourth-order valence-corrected chi connectivity index (χ4v) is 4.87. The molecule has 1 atom stereocenters. The highest BCUT2D eigenvalue weighted by molar-refractivity contribution is 8.00. The van der Waals surface area contributed by atoms with Crippen LogP contribution in [0.15, 0.2) is 28.7 Å². The number of rotatable bonds is 4. The number of benzene rings is 1. The molecule has 1 aromatic carbocycles. The number of hydrogen-bond acceptors (Lipinski definition) is 6. The predicted molar refractivity (Wildman–Crippen MR) is 116 cm³/mol. The van der Waals surface area contributed by atoms with Crippen molar-refractivity contribution in [3.05, 3.63) is 46.0 Å². The molecule has 0 aliphatic carbocycles. The maximum absolute atomic E-state index is 12.6. The number of aromatic nitrogens is 4. The van der Waals surface area contributed by atoms with Crippen LogP contribution in [0.1, 0.15) is 29.3 Å². The van der Waals surface area contributed by atoms with Gasteiger partial charge in [-0.25, -0.2) is 4.98 Å². The van der Waals surface area contributed by atoms with Gasteiger partial charge in [0.2, 0.25) is 5.91 Å². The highest BCUT2D eigenvalue weighted by Crippen LogP contribution is 2.31. The number of anilines is 1. The van der Waals surface area contributed by atoms with Gasteiger partial charge < -0.3 is 5.32 Å². The van der Waals surface area contributed by atoms with Gasteiger partial charge in [0.1, 0.15) is 0 Å². The summed E-state index contributed by atoms with van der Waals surface area (Å²) in [6.45, 7) is 10.1. The zero-order valence-corrected chi connectivity index (χ0v) is 18.0. The standard InChI is InChI=1S/C20H21N5OS2/c1-10-6-12(3)17-15(7-10)11(2)8-16-23-24-20(25(16)17)28-14(5)18(26)22-19-21-13(4)9-27-19/h6-9,14H,1-5H3,(H,21,22,26). The smallest absolute Gasteiger partial charge is 0.239 e. The third-order valence-electron chi connectivity index (χ3n) is 4.60. The lowest BCUT2D eigenvalue weighted by Crippen LogP contribution is -2.22. The molecule has 1 unspecified atom stereocenters. The summed E-state index contributed by atoms with van der Waals surface area (Å²) in [5.74, 6) is -0.0971. The SMILES string of the molecule is Cc1cc(C)c2c(c1)c(C)cc1nnc(SC(C)C(=O)Nc3nc(C)cs3)n12. The van der Waals surface area contributed by atoms with Gasteiger partial charge in [0.05, 0.1) is 16.5 Å². The molecule has 0 spiro atoms. The summed E-state index contributed by atoms with van der Waals surface area (Å²) in [4.78, 5) is 16.9. The quantitative estimate of drug-likeness (QED) is 0.493. The third kappa shape index (κ3) is 3.38. The van der Waals surface area contributed by atoms with Gasteiger partial charge >= 0.3 is 0 Å². The largest absolute Gasteiger partial charge is 0.301 e. The van der Waals surface area contributed by atoms with Crippen molar-refractivity contribution in [3.8, 4) is 0 Å². The van der Waals surface area contributed by atoms with Crippen LogP contribution in [0.3, 0.4) is 0 Å². The van der Waals surface area contributed by atoms with E-state index in [2.05, 4.69) is 57.8 Å². The van der Waals surface area contributed by atoms with Crippen LogP contribution in [0, 0.1) is 27.7 Å². The van der Waals surface area contributed by atoms with Crippen molar-refractivity contribution < 1.29 is 4.79 Å². The maximum atomic E-state index is 12.6. The van der Waals surface area contributed by atoms with Gasteiger partial charge in [-0.05, 0) is 57.9 Å². The van der Waals surface area contributed by atoms with Crippen molar-refractivity contribution in [2.24, 2.45) is 0 Å². The number of hydrogen-bond donors (Lipinski definition) is 1. The predicted octanol–water partition coefficient (Wildman–Crippen LogP) is 4.69. The molecule has 0 radical (unpaired) electrons. The molecule has 8 heteroatoms. The number of thiazole rings is 1. The van der Waals surface area contributed by atoms with E-state index in [1.54, 1.807) is 0 Å². The number of fused-ring (bicyclic) bond motifs is 3. The molecular formula is C20H21N5OS2. The van der Waals surface area contributed by atoms with Crippen molar-refractivity contribution in [1.29, 1.82) is 0 Å². The molecule has 1 N–H and O–H groups in total. The first-order valence-corrected chi connectivity index (χ1v) is 10.7. The molecule has 3 heterocycles.